The number of anilines is 2. The molecule has 0 aliphatic rings. The number of hydrogen-bond acceptors (Lipinski definition) is 5. The smallest absolute Gasteiger partial charge is 0.339 e. The fourth-order valence-corrected chi connectivity index (χ4v) is 2.15. The first-order chi connectivity index (χ1) is 10.1. The van der Waals surface area contributed by atoms with Crippen molar-refractivity contribution in [2.24, 2.45) is 0 Å². The lowest BCUT2D eigenvalue weighted by Crippen LogP contribution is -2.04. The molecule has 2 aromatic rings. The summed E-state index contributed by atoms with van der Waals surface area (Å²) < 4.78 is 5.55. The van der Waals surface area contributed by atoms with Crippen LogP contribution >= 0.6 is 11.3 Å². The summed E-state index contributed by atoms with van der Waals surface area (Å²) in [7, 11) is 0. The number of carbonyl (C=O) groups is 1. The third kappa shape index (κ3) is 4.32. The number of ether oxygens (including phenoxy) is 1. The summed E-state index contributed by atoms with van der Waals surface area (Å²) in [5.74, 6) is -0.676. The normalized spacial score (nSPS) is 10.0. The van der Waals surface area contributed by atoms with E-state index in [2.05, 4.69) is 10.3 Å². The number of benzene rings is 1. The maximum Gasteiger partial charge on any atom is 0.339 e. The van der Waals surface area contributed by atoms with E-state index in [0.717, 1.165) is 16.4 Å². The first kappa shape index (κ1) is 15.1. The molecule has 0 aliphatic carbocycles. The summed E-state index contributed by atoms with van der Waals surface area (Å²) in [5, 5.41) is 14.9. The third-order valence-corrected chi connectivity index (χ3v) is 3.31. The number of nitrogens with zero attached hydrogens (tertiary/aromatic N) is 1. The summed E-state index contributed by atoms with van der Waals surface area (Å²) in [4.78, 5) is 15.3. The van der Waals surface area contributed by atoms with Crippen LogP contribution in [-0.4, -0.2) is 22.7 Å². The molecule has 2 rings (SSSR count). The summed E-state index contributed by atoms with van der Waals surface area (Å²) in [6.07, 6.45) is 3.59. The Morgan fingerprint density at radius 1 is 1.48 bits per heavy atom. The van der Waals surface area contributed by atoms with Crippen LogP contribution in [0.15, 0.2) is 41.4 Å². The van der Waals surface area contributed by atoms with Gasteiger partial charge >= 0.3 is 5.97 Å². The summed E-state index contributed by atoms with van der Waals surface area (Å²) >= 11 is 1.47. The van der Waals surface area contributed by atoms with E-state index in [1.165, 1.54) is 17.4 Å². The highest BCUT2D eigenvalue weighted by Gasteiger charge is 2.12. The van der Waals surface area contributed by atoms with Crippen molar-refractivity contribution in [3.8, 4) is 5.75 Å². The minimum atomic E-state index is -1.01. The minimum Gasteiger partial charge on any atom is -0.489 e. The number of nitrogens with one attached hydrogen (secondary N) is 1. The molecule has 0 spiro atoms. The molecule has 0 amide bonds. The van der Waals surface area contributed by atoms with Gasteiger partial charge in [0.15, 0.2) is 5.13 Å². The van der Waals surface area contributed by atoms with Crippen LogP contribution in [0.4, 0.5) is 10.8 Å². The van der Waals surface area contributed by atoms with E-state index in [1.54, 1.807) is 18.3 Å². The molecule has 5 nitrogen and oxygen atoms in total. The molecule has 0 atom stereocenters. The monoisotopic (exact) mass is 304 g/mol. The molecule has 21 heavy (non-hydrogen) atoms. The summed E-state index contributed by atoms with van der Waals surface area (Å²) in [6.45, 7) is 4.26. The summed E-state index contributed by atoms with van der Waals surface area (Å²) in [5.41, 5.74) is 1.99. The zero-order valence-corrected chi connectivity index (χ0v) is 12.6. The van der Waals surface area contributed by atoms with Crippen LogP contribution in [0.2, 0.25) is 0 Å². The third-order valence-electron chi connectivity index (χ3n) is 2.63. The average Bonchev–Trinajstić information content (AvgIpc) is 2.91. The quantitative estimate of drug-likeness (QED) is 0.791. The van der Waals surface area contributed by atoms with Crippen LogP contribution < -0.4 is 10.1 Å². The van der Waals surface area contributed by atoms with Gasteiger partial charge in [-0.05, 0) is 32.1 Å². The van der Waals surface area contributed by atoms with Gasteiger partial charge in [0.2, 0.25) is 0 Å². The van der Waals surface area contributed by atoms with E-state index < -0.39 is 5.97 Å². The van der Waals surface area contributed by atoms with Gasteiger partial charge in [-0.25, -0.2) is 9.78 Å². The van der Waals surface area contributed by atoms with Gasteiger partial charge in [-0.1, -0.05) is 5.57 Å². The fourth-order valence-electron chi connectivity index (χ4n) is 1.60. The molecule has 110 valence electrons. The van der Waals surface area contributed by atoms with Gasteiger partial charge in [0.1, 0.15) is 17.9 Å². The number of carboxylic acids is 1. The Balaban J connectivity index is 2.21. The predicted octanol–water partition coefficient (Wildman–Crippen LogP) is 3.93. The van der Waals surface area contributed by atoms with Crippen molar-refractivity contribution in [2.45, 2.75) is 13.8 Å². The zero-order chi connectivity index (χ0) is 15.2. The largest absolute Gasteiger partial charge is 0.489 e. The molecule has 0 unspecified atom stereocenters. The van der Waals surface area contributed by atoms with Gasteiger partial charge < -0.3 is 15.2 Å². The van der Waals surface area contributed by atoms with Gasteiger partial charge in [-0.2, -0.15) is 0 Å². The van der Waals surface area contributed by atoms with Crippen molar-refractivity contribution >= 4 is 28.1 Å². The second-order valence-electron chi connectivity index (χ2n) is 4.57. The van der Waals surface area contributed by atoms with Crippen LogP contribution in [0.5, 0.6) is 5.75 Å². The lowest BCUT2D eigenvalue weighted by atomic mass is 10.2. The molecule has 0 saturated heterocycles. The first-order valence-electron chi connectivity index (χ1n) is 6.36. The molecule has 6 heteroatoms. The van der Waals surface area contributed by atoms with Crippen molar-refractivity contribution < 1.29 is 14.6 Å². The van der Waals surface area contributed by atoms with Crippen molar-refractivity contribution in [2.75, 3.05) is 11.9 Å². The standard InChI is InChI=1S/C15H16N2O3S/c1-10(2)5-7-20-13-9-11(3-4-12(13)14(18)19)17-15-16-6-8-21-15/h3-6,8-9H,7H2,1-2H3,(H,16,17)(H,18,19). The Morgan fingerprint density at radius 3 is 2.90 bits per heavy atom. The highest BCUT2D eigenvalue weighted by Crippen LogP contribution is 2.26. The zero-order valence-electron chi connectivity index (χ0n) is 11.8. The maximum absolute atomic E-state index is 11.2. The average molecular weight is 304 g/mol. The molecule has 0 saturated carbocycles. The molecule has 1 aromatic carbocycles. The number of allylic oxidation sites excluding steroid dienone is 1. The minimum absolute atomic E-state index is 0.141. The second-order valence-corrected chi connectivity index (χ2v) is 5.47. The number of hydrogen-bond donors (Lipinski definition) is 2. The van der Waals surface area contributed by atoms with E-state index in [1.807, 2.05) is 25.3 Å². The Morgan fingerprint density at radius 2 is 2.29 bits per heavy atom. The number of carboxylic acid groups (broad SMARTS) is 1. The Bertz CT molecular complexity index is 647. The second kappa shape index (κ2) is 6.90. The molecule has 1 heterocycles. The lowest BCUT2D eigenvalue weighted by Gasteiger charge is -2.10. The van der Waals surface area contributed by atoms with Crippen LogP contribution in [0, 0.1) is 0 Å². The Labute approximate surface area is 126 Å². The molecule has 0 fully saturated rings. The highest BCUT2D eigenvalue weighted by molar-refractivity contribution is 7.13. The maximum atomic E-state index is 11.2. The van der Waals surface area contributed by atoms with E-state index in [0.29, 0.717) is 12.4 Å². The number of thiazole rings is 1. The van der Waals surface area contributed by atoms with E-state index in [9.17, 15) is 9.90 Å². The van der Waals surface area contributed by atoms with Gasteiger partial charge in [-0.15, -0.1) is 11.3 Å². The lowest BCUT2D eigenvalue weighted by molar-refractivity contribution is 0.0693. The SMILES string of the molecule is CC(C)=CCOc1cc(Nc2nccs2)ccc1C(=O)O. The highest BCUT2D eigenvalue weighted by atomic mass is 32.1. The summed E-state index contributed by atoms with van der Waals surface area (Å²) in [6, 6.07) is 4.89. The fraction of sp³-hybridized carbons (Fsp3) is 0.200. The van der Waals surface area contributed by atoms with E-state index in [4.69, 9.17) is 4.74 Å². The number of aromatic nitrogens is 1. The van der Waals surface area contributed by atoms with Crippen LogP contribution in [0.25, 0.3) is 0 Å². The molecule has 0 radical (unpaired) electrons. The van der Waals surface area contributed by atoms with Gasteiger partial charge in [0.05, 0.1) is 0 Å². The van der Waals surface area contributed by atoms with Gasteiger partial charge in [0, 0.05) is 23.3 Å². The molecule has 0 bridgehead atoms. The van der Waals surface area contributed by atoms with Crippen molar-refractivity contribution in [3.05, 3.63) is 47.0 Å². The van der Waals surface area contributed by atoms with Crippen LogP contribution in [0.3, 0.4) is 0 Å². The molecule has 0 aliphatic heterocycles. The van der Waals surface area contributed by atoms with Crippen molar-refractivity contribution in [1.29, 1.82) is 0 Å². The topological polar surface area (TPSA) is 71.5 Å². The molecule has 1 aromatic heterocycles. The predicted molar refractivity (Wildman–Crippen MR) is 83.7 cm³/mol. The van der Waals surface area contributed by atoms with Crippen LogP contribution in [-0.2, 0) is 0 Å². The number of rotatable bonds is 6. The molecular weight excluding hydrogens is 288 g/mol. The Kier molecular flexibility index (Phi) is 4.94. The Hall–Kier alpha value is -2.34. The van der Waals surface area contributed by atoms with E-state index >= 15 is 0 Å². The molecular formula is C15H16N2O3S. The first-order valence-corrected chi connectivity index (χ1v) is 7.24. The van der Waals surface area contributed by atoms with Crippen molar-refractivity contribution in [3.63, 3.8) is 0 Å². The van der Waals surface area contributed by atoms with E-state index in [-0.39, 0.29) is 5.56 Å². The van der Waals surface area contributed by atoms with Gasteiger partial charge in [-0.3, -0.25) is 0 Å². The van der Waals surface area contributed by atoms with Crippen molar-refractivity contribution in [1.82, 2.24) is 4.98 Å². The van der Waals surface area contributed by atoms with Crippen LogP contribution in [0.1, 0.15) is 24.2 Å². The van der Waals surface area contributed by atoms with Gasteiger partial charge in [0.25, 0.3) is 0 Å². The molecule has 2 N–H and O–H groups in total. The number of aromatic carboxylic acids is 1.